The van der Waals surface area contributed by atoms with Crippen molar-refractivity contribution in [1.29, 1.82) is 0 Å². The number of para-hydroxylation sites is 2. The highest BCUT2D eigenvalue weighted by Crippen LogP contribution is 2.39. The van der Waals surface area contributed by atoms with E-state index >= 15 is 0 Å². The molecule has 20 heavy (non-hydrogen) atoms. The highest BCUT2D eigenvalue weighted by atomic mass is 15.0. The van der Waals surface area contributed by atoms with E-state index in [4.69, 9.17) is 0 Å². The van der Waals surface area contributed by atoms with Crippen LogP contribution in [0.1, 0.15) is 31.9 Å². The Morgan fingerprint density at radius 3 is 2.45 bits per heavy atom. The van der Waals surface area contributed by atoms with Crippen LogP contribution in [0.2, 0.25) is 0 Å². The average molecular weight is 266 g/mol. The number of rotatable bonds is 3. The van der Waals surface area contributed by atoms with Gasteiger partial charge in [0.1, 0.15) is 0 Å². The van der Waals surface area contributed by atoms with Gasteiger partial charge in [0.2, 0.25) is 0 Å². The third-order valence-electron chi connectivity index (χ3n) is 4.33. The first kappa shape index (κ1) is 13.0. The smallest absolute Gasteiger partial charge is 0.0579 e. The quantitative estimate of drug-likeness (QED) is 0.843. The number of hydrogen-bond acceptors (Lipinski definition) is 2. The zero-order valence-corrected chi connectivity index (χ0v) is 12.1. The van der Waals surface area contributed by atoms with Crippen molar-refractivity contribution >= 4 is 11.4 Å². The topological polar surface area (TPSA) is 24.1 Å². The fourth-order valence-electron chi connectivity index (χ4n) is 3.14. The van der Waals surface area contributed by atoms with Gasteiger partial charge >= 0.3 is 0 Å². The Labute approximate surface area is 121 Å². The van der Waals surface area contributed by atoms with Crippen LogP contribution in [0.15, 0.2) is 54.6 Å². The number of anilines is 2. The highest BCUT2D eigenvalue weighted by Gasteiger charge is 2.32. The van der Waals surface area contributed by atoms with Crippen molar-refractivity contribution in [3.63, 3.8) is 0 Å². The van der Waals surface area contributed by atoms with Crippen LogP contribution in [0.25, 0.3) is 0 Å². The zero-order valence-electron chi connectivity index (χ0n) is 12.1. The second-order valence-corrected chi connectivity index (χ2v) is 5.59. The minimum atomic E-state index is 0.361. The molecule has 0 saturated carbocycles. The Balaban J connectivity index is 1.95. The van der Waals surface area contributed by atoms with Crippen molar-refractivity contribution in [2.75, 3.05) is 10.6 Å². The maximum Gasteiger partial charge on any atom is 0.0579 e. The van der Waals surface area contributed by atoms with Gasteiger partial charge in [0, 0.05) is 23.3 Å². The van der Waals surface area contributed by atoms with Gasteiger partial charge in [0.15, 0.2) is 0 Å². The molecule has 1 aliphatic rings. The van der Waals surface area contributed by atoms with Crippen molar-refractivity contribution in [3.8, 4) is 0 Å². The Bertz CT molecular complexity index is 565. The number of hydrogen-bond donors (Lipinski definition) is 2. The minimum Gasteiger partial charge on any atom is -0.382 e. The first-order valence-corrected chi connectivity index (χ1v) is 7.46. The molecule has 2 heteroatoms. The summed E-state index contributed by atoms with van der Waals surface area (Å²) in [5.74, 6) is 0.551. The molecule has 0 unspecified atom stereocenters. The lowest BCUT2D eigenvalue weighted by molar-refractivity contribution is 0.400. The first-order chi connectivity index (χ1) is 9.79. The molecule has 2 N–H and O–H groups in total. The molecule has 0 fully saturated rings. The molecule has 3 rings (SSSR count). The molecule has 0 radical (unpaired) electrons. The van der Waals surface area contributed by atoms with Crippen molar-refractivity contribution in [1.82, 2.24) is 0 Å². The van der Waals surface area contributed by atoms with E-state index in [0.29, 0.717) is 18.0 Å². The first-order valence-electron chi connectivity index (χ1n) is 7.46. The average Bonchev–Trinajstić information content (AvgIpc) is 2.51. The lowest BCUT2D eigenvalue weighted by Crippen LogP contribution is -2.38. The number of nitrogens with one attached hydrogen (secondary N) is 2. The molecule has 104 valence electrons. The molecule has 0 aliphatic carbocycles. The van der Waals surface area contributed by atoms with Crippen LogP contribution in [-0.2, 0) is 0 Å². The lowest BCUT2D eigenvalue weighted by Gasteiger charge is -2.39. The van der Waals surface area contributed by atoms with Gasteiger partial charge < -0.3 is 10.6 Å². The SMILES string of the molecule is CC[C@H]1Nc2ccccc2[C@@H](Nc2ccccc2)[C@@H]1C. The largest absolute Gasteiger partial charge is 0.382 e. The third kappa shape index (κ3) is 2.38. The summed E-state index contributed by atoms with van der Waals surface area (Å²) < 4.78 is 0. The molecule has 3 atom stereocenters. The van der Waals surface area contributed by atoms with E-state index in [0.717, 1.165) is 6.42 Å². The summed E-state index contributed by atoms with van der Waals surface area (Å²) in [6, 6.07) is 20.0. The standard InChI is InChI=1S/C18H22N2/c1-3-16-13(2)18(19-14-9-5-4-6-10-14)15-11-7-8-12-17(15)20-16/h4-13,16,18-20H,3H2,1-2H3/t13-,16-,18+/m1/s1. The van der Waals surface area contributed by atoms with E-state index in [1.165, 1.54) is 16.9 Å². The molecule has 0 saturated heterocycles. The molecule has 0 spiro atoms. The molecule has 0 aromatic heterocycles. The Morgan fingerprint density at radius 1 is 1.00 bits per heavy atom. The van der Waals surface area contributed by atoms with Crippen LogP contribution in [0.3, 0.4) is 0 Å². The van der Waals surface area contributed by atoms with Crippen LogP contribution in [0.4, 0.5) is 11.4 Å². The van der Waals surface area contributed by atoms with E-state index in [-0.39, 0.29) is 0 Å². The predicted octanol–water partition coefficient (Wildman–Crippen LogP) is 4.68. The summed E-state index contributed by atoms with van der Waals surface area (Å²) >= 11 is 0. The monoisotopic (exact) mass is 266 g/mol. The van der Waals surface area contributed by atoms with E-state index in [1.807, 2.05) is 0 Å². The molecular weight excluding hydrogens is 244 g/mol. The van der Waals surface area contributed by atoms with Crippen LogP contribution in [0.5, 0.6) is 0 Å². The number of benzene rings is 2. The second-order valence-electron chi connectivity index (χ2n) is 5.59. The summed E-state index contributed by atoms with van der Waals surface area (Å²) in [4.78, 5) is 0. The Hall–Kier alpha value is -1.96. The summed E-state index contributed by atoms with van der Waals surface area (Å²) in [6.07, 6.45) is 1.14. The molecule has 1 aliphatic heterocycles. The van der Waals surface area contributed by atoms with Gasteiger partial charge in [-0.2, -0.15) is 0 Å². The number of fused-ring (bicyclic) bond motifs is 1. The molecular formula is C18H22N2. The van der Waals surface area contributed by atoms with Gasteiger partial charge in [0.05, 0.1) is 6.04 Å². The van der Waals surface area contributed by atoms with Crippen molar-refractivity contribution < 1.29 is 0 Å². The summed E-state index contributed by atoms with van der Waals surface area (Å²) in [5, 5.41) is 7.38. The summed E-state index contributed by atoms with van der Waals surface area (Å²) in [6.45, 7) is 4.58. The molecule has 2 aromatic carbocycles. The van der Waals surface area contributed by atoms with E-state index in [2.05, 4.69) is 79.1 Å². The normalized spacial score (nSPS) is 24.6. The lowest BCUT2D eigenvalue weighted by atomic mass is 9.82. The summed E-state index contributed by atoms with van der Waals surface area (Å²) in [7, 11) is 0. The molecule has 2 nitrogen and oxygen atoms in total. The van der Waals surface area contributed by atoms with Gasteiger partial charge in [0.25, 0.3) is 0 Å². The van der Waals surface area contributed by atoms with Crippen LogP contribution in [-0.4, -0.2) is 6.04 Å². The fraction of sp³-hybridized carbons (Fsp3) is 0.333. The van der Waals surface area contributed by atoms with Gasteiger partial charge in [-0.05, 0) is 30.2 Å². The maximum atomic E-state index is 3.71. The van der Waals surface area contributed by atoms with Gasteiger partial charge in [-0.1, -0.05) is 50.2 Å². The maximum absolute atomic E-state index is 3.71. The van der Waals surface area contributed by atoms with Gasteiger partial charge in [-0.15, -0.1) is 0 Å². The third-order valence-corrected chi connectivity index (χ3v) is 4.33. The van der Waals surface area contributed by atoms with Crippen LogP contribution in [0, 0.1) is 5.92 Å². The summed E-state index contributed by atoms with van der Waals surface area (Å²) in [5.41, 5.74) is 3.83. The van der Waals surface area contributed by atoms with E-state index < -0.39 is 0 Å². The molecule has 0 bridgehead atoms. The fourth-order valence-corrected chi connectivity index (χ4v) is 3.14. The second kappa shape index (κ2) is 5.58. The van der Waals surface area contributed by atoms with Gasteiger partial charge in [-0.3, -0.25) is 0 Å². The van der Waals surface area contributed by atoms with Crippen molar-refractivity contribution in [2.45, 2.75) is 32.4 Å². The predicted molar refractivity (Wildman–Crippen MR) is 86.1 cm³/mol. The minimum absolute atomic E-state index is 0.361. The molecule has 0 amide bonds. The van der Waals surface area contributed by atoms with E-state index in [1.54, 1.807) is 0 Å². The van der Waals surface area contributed by atoms with Crippen molar-refractivity contribution in [3.05, 3.63) is 60.2 Å². The highest BCUT2D eigenvalue weighted by molar-refractivity contribution is 5.59. The zero-order chi connectivity index (χ0) is 13.9. The Morgan fingerprint density at radius 2 is 1.70 bits per heavy atom. The molecule has 2 aromatic rings. The van der Waals surface area contributed by atoms with E-state index in [9.17, 15) is 0 Å². The van der Waals surface area contributed by atoms with Crippen LogP contribution < -0.4 is 10.6 Å². The van der Waals surface area contributed by atoms with Crippen LogP contribution >= 0.6 is 0 Å². The van der Waals surface area contributed by atoms with Crippen molar-refractivity contribution in [2.24, 2.45) is 5.92 Å². The van der Waals surface area contributed by atoms with Gasteiger partial charge in [-0.25, -0.2) is 0 Å². The Kier molecular flexibility index (Phi) is 3.64. The molecule has 1 heterocycles.